The molecule has 28 heavy (non-hydrogen) atoms. The molecule has 2 aliphatic heterocycles. The lowest BCUT2D eigenvalue weighted by Crippen LogP contribution is -2.64. The van der Waals surface area contributed by atoms with E-state index in [2.05, 4.69) is 5.10 Å². The van der Waals surface area contributed by atoms with Crippen molar-refractivity contribution >= 4 is 11.8 Å². The molecule has 0 radical (unpaired) electrons. The second-order valence-electron chi connectivity index (χ2n) is 7.88. The summed E-state index contributed by atoms with van der Waals surface area (Å²) in [6.45, 7) is 3.77. The van der Waals surface area contributed by atoms with Crippen LogP contribution in [-0.2, 0) is 11.3 Å². The molecule has 0 aliphatic carbocycles. The van der Waals surface area contributed by atoms with Gasteiger partial charge in [-0.25, -0.2) is 0 Å². The number of aryl methyl sites for hydroxylation is 1. The van der Waals surface area contributed by atoms with Crippen molar-refractivity contribution in [1.82, 2.24) is 19.6 Å². The van der Waals surface area contributed by atoms with Crippen molar-refractivity contribution in [3.63, 3.8) is 0 Å². The van der Waals surface area contributed by atoms with Crippen LogP contribution in [0.15, 0.2) is 35.3 Å². The van der Waals surface area contributed by atoms with Crippen molar-refractivity contribution in [3.8, 4) is 0 Å². The minimum absolute atomic E-state index is 0.0175. The molecule has 4 rings (SSSR count). The van der Waals surface area contributed by atoms with E-state index in [1.165, 1.54) is 12.5 Å². The zero-order valence-corrected chi connectivity index (χ0v) is 16.1. The van der Waals surface area contributed by atoms with Crippen LogP contribution in [0.2, 0.25) is 0 Å². The summed E-state index contributed by atoms with van der Waals surface area (Å²) in [5, 5.41) is 14.5. The molecular weight excluding hydrogens is 360 g/mol. The first kappa shape index (κ1) is 18.7. The van der Waals surface area contributed by atoms with E-state index in [1.54, 1.807) is 21.8 Å². The molecule has 2 fully saturated rings. The number of amides is 2. The van der Waals surface area contributed by atoms with Crippen molar-refractivity contribution < 1.29 is 19.1 Å². The highest BCUT2D eigenvalue weighted by Gasteiger charge is 2.50. The molecule has 8 heteroatoms. The quantitative estimate of drug-likeness (QED) is 0.855. The van der Waals surface area contributed by atoms with Gasteiger partial charge in [-0.05, 0) is 38.3 Å². The predicted octanol–water partition coefficient (Wildman–Crippen LogP) is 1.30. The van der Waals surface area contributed by atoms with Gasteiger partial charge in [-0.3, -0.25) is 14.3 Å². The number of rotatable bonds is 4. The fourth-order valence-electron chi connectivity index (χ4n) is 4.70. The molecule has 2 saturated heterocycles. The number of fused-ring (bicyclic) bond motifs is 1. The number of piperidine rings is 2. The lowest BCUT2D eigenvalue weighted by Gasteiger charge is -2.54. The zero-order valence-electron chi connectivity index (χ0n) is 16.1. The summed E-state index contributed by atoms with van der Waals surface area (Å²) >= 11 is 0. The van der Waals surface area contributed by atoms with E-state index >= 15 is 0 Å². The molecule has 0 spiro atoms. The van der Waals surface area contributed by atoms with Crippen molar-refractivity contribution in [2.24, 2.45) is 5.41 Å². The number of likely N-dealkylation sites (tertiary alicyclic amines) is 2. The monoisotopic (exact) mass is 386 g/mol. The molecule has 2 amide bonds. The molecule has 0 aromatic carbocycles. The number of nitrogens with zero attached hydrogens (tertiary/aromatic N) is 4. The molecule has 1 N–H and O–H groups in total. The van der Waals surface area contributed by atoms with Gasteiger partial charge in [-0.15, -0.1) is 0 Å². The minimum atomic E-state index is -0.481. The second kappa shape index (κ2) is 7.43. The van der Waals surface area contributed by atoms with Gasteiger partial charge >= 0.3 is 0 Å². The molecule has 8 nitrogen and oxygen atoms in total. The Morgan fingerprint density at radius 2 is 2.21 bits per heavy atom. The second-order valence-corrected chi connectivity index (χ2v) is 7.88. The van der Waals surface area contributed by atoms with Crippen LogP contribution in [0.3, 0.4) is 0 Å². The van der Waals surface area contributed by atoms with Gasteiger partial charge in [0, 0.05) is 43.0 Å². The lowest BCUT2D eigenvalue weighted by atomic mass is 9.69. The van der Waals surface area contributed by atoms with Crippen LogP contribution in [0.5, 0.6) is 0 Å². The highest BCUT2D eigenvalue weighted by atomic mass is 16.3. The van der Waals surface area contributed by atoms with Crippen molar-refractivity contribution in [2.75, 3.05) is 26.2 Å². The maximum Gasteiger partial charge on any atom is 0.257 e. The van der Waals surface area contributed by atoms with Crippen molar-refractivity contribution in [2.45, 2.75) is 38.8 Å². The van der Waals surface area contributed by atoms with Gasteiger partial charge in [0.2, 0.25) is 5.91 Å². The van der Waals surface area contributed by atoms with Crippen LogP contribution in [0, 0.1) is 12.3 Å². The number of aliphatic hydroxyl groups is 1. The Labute approximate surface area is 163 Å². The number of hydrogen-bond acceptors (Lipinski definition) is 5. The van der Waals surface area contributed by atoms with Crippen LogP contribution in [-0.4, -0.2) is 68.8 Å². The molecule has 4 heterocycles. The Morgan fingerprint density at radius 3 is 2.89 bits per heavy atom. The van der Waals surface area contributed by atoms with Crippen LogP contribution < -0.4 is 0 Å². The van der Waals surface area contributed by atoms with Gasteiger partial charge in [0.25, 0.3) is 5.91 Å². The molecule has 0 saturated carbocycles. The molecule has 2 aliphatic rings. The fourth-order valence-corrected chi connectivity index (χ4v) is 4.70. The van der Waals surface area contributed by atoms with Gasteiger partial charge < -0.3 is 19.3 Å². The maximum atomic E-state index is 13.0. The number of carbonyl (C=O) groups excluding carboxylic acids is 2. The summed E-state index contributed by atoms with van der Waals surface area (Å²) in [5.41, 5.74) is 0.980. The van der Waals surface area contributed by atoms with Crippen molar-refractivity contribution in [3.05, 3.63) is 42.1 Å². The van der Waals surface area contributed by atoms with E-state index in [1.807, 2.05) is 17.9 Å². The fraction of sp³-hybridized carbons (Fsp3) is 0.550. The SMILES string of the molecule is Cc1ccnn1CC(=O)N1CCC[C@]2(CO)CN(C(=O)c3ccoc3)CC[C@@H]12. The Balaban J connectivity index is 1.52. The predicted molar refractivity (Wildman–Crippen MR) is 100 cm³/mol. The molecule has 0 bridgehead atoms. The number of hydrogen-bond donors (Lipinski definition) is 1. The first-order valence-corrected chi connectivity index (χ1v) is 9.74. The Bertz CT molecular complexity index is 846. The number of aromatic nitrogens is 2. The highest BCUT2D eigenvalue weighted by molar-refractivity contribution is 5.94. The van der Waals surface area contributed by atoms with E-state index in [9.17, 15) is 14.7 Å². The molecular formula is C20H26N4O4. The summed E-state index contributed by atoms with van der Waals surface area (Å²) in [4.78, 5) is 29.5. The first-order chi connectivity index (χ1) is 13.5. The highest BCUT2D eigenvalue weighted by Crippen LogP contribution is 2.41. The standard InChI is InChI=1S/C20H26N4O4/c1-15-3-7-21-24(15)11-18(26)23-8-2-6-20(14-25)13-22(9-4-17(20)23)19(27)16-5-10-28-12-16/h3,5,7,10,12,17,25H,2,4,6,8-9,11,13-14H2,1H3/t17-,20-/m1/s1. The summed E-state index contributed by atoms with van der Waals surface area (Å²) in [5.74, 6) is -0.0698. The van der Waals surface area contributed by atoms with Crippen LogP contribution in [0.4, 0.5) is 0 Å². The van der Waals surface area contributed by atoms with Gasteiger partial charge in [-0.1, -0.05) is 0 Å². The average molecular weight is 386 g/mol. The number of carbonyl (C=O) groups is 2. The minimum Gasteiger partial charge on any atom is -0.472 e. The normalized spacial score (nSPS) is 24.9. The van der Waals surface area contributed by atoms with E-state index in [-0.39, 0.29) is 31.0 Å². The van der Waals surface area contributed by atoms with E-state index in [4.69, 9.17) is 4.42 Å². The Morgan fingerprint density at radius 1 is 1.36 bits per heavy atom. The molecule has 150 valence electrons. The average Bonchev–Trinajstić information content (AvgIpc) is 3.39. The summed E-state index contributed by atoms with van der Waals surface area (Å²) < 4.78 is 6.74. The van der Waals surface area contributed by atoms with E-state index in [0.29, 0.717) is 31.6 Å². The van der Waals surface area contributed by atoms with Gasteiger partial charge in [-0.2, -0.15) is 5.10 Å². The summed E-state index contributed by atoms with van der Waals surface area (Å²) in [6, 6.07) is 3.47. The van der Waals surface area contributed by atoms with Crippen LogP contribution >= 0.6 is 0 Å². The maximum absolute atomic E-state index is 13.0. The van der Waals surface area contributed by atoms with Gasteiger partial charge in [0.05, 0.1) is 18.4 Å². The van der Waals surface area contributed by atoms with E-state index < -0.39 is 5.41 Å². The summed E-state index contributed by atoms with van der Waals surface area (Å²) in [7, 11) is 0. The van der Waals surface area contributed by atoms with Gasteiger partial charge in [0.1, 0.15) is 12.8 Å². The Kier molecular flexibility index (Phi) is 4.97. The summed E-state index contributed by atoms with van der Waals surface area (Å²) in [6.07, 6.45) is 6.90. The topological polar surface area (TPSA) is 91.8 Å². The van der Waals surface area contributed by atoms with Gasteiger partial charge in [0.15, 0.2) is 0 Å². The zero-order chi connectivity index (χ0) is 19.7. The van der Waals surface area contributed by atoms with Crippen LogP contribution in [0.1, 0.15) is 35.3 Å². The van der Waals surface area contributed by atoms with Crippen molar-refractivity contribution in [1.29, 1.82) is 0 Å². The molecule has 2 aromatic rings. The Hall–Kier alpha value is -2.61. The van der Waals surface area contributed by atoms with Crippen LogP contribution in [0.25, 0.3) is 0 Å². The lowest BCUT2D eigenvalue weighted by molar-refractivity contribution is -0.146. The number of furan rings is 1. The molecule has 0 unspecified atom stereocenters. The smallest absolute Gasteiger partial charge is 0.257 e. The molecule has 2 atom stereocenters. The third-order valence-electron chi connectivity index (χ3n) is 6.24. The first-order valence-electron chi connectivity index (χ1n) is 9.74. The number of aliphatic hydroxyl groups excluding tert-OH is 1. The largest absolute Gasteiger partial charge is 0.472 e. The molecule has 2 aromatic heterocycles. The third-order valence-corrected chi connectivity index (χ3v) is 6.24. The van der Waals surface area contributed by atoms with E-state index in [0.717, 1.165) is 18.5 Å². The third kappa shape index (κ3) is 3.22.